The van der Waals surface area contributed by atoms with Gasteiger partial charge in [-0.25, -0.2) is 0 Å². The van der Waals surface area contributed by atoms with Crippen LogP contribution < -0.4 is 0 Å². The molecule has 0 bridgehead atoms. The number of ether oxygens (including phenoxy) is 1. The van der Waals surface area contributed by atoms with Crippen LogP contribution in [0.15, 0.2) is 60.7 Å². The van der Waals surface area contributed by atoms with Crippen LogP contribution in [0.25, 0.3) is 0 Å². The molecule has 0 aliphatic carbocycles. The predicted octanol–water partition coefficient (Wildman–Crippen LogP) is 3.52. The minimum atomic E-state index is -0.942. The molecule has 0 fully saturated rings. The SMILES string of the molecule is CC(=O)OC(C)(C#Cc1ccccc1)c1ccccc1. The number of carbonyl (C=O) groups excluding carboxylic acids is 1. The van der Waals surface area contributed by atoms with Crippen LogP contribution in [-0.2, 0) is 15.1 Å². The van der Waals surface area contributed by atoms with Crippen molar-refractivity contribution in [1.82, 2.24) is 0 Å². The van der Waals surface area contributed by atoms with Crippen LogP contribution in [0.5, 0.6) is 0 Å². The average Bonchev–Trinajstić information content (AvgIpc) is 2.47. The summed E-state index contributed by atoms with van der Waals surface area (Å²) in [7, 11) is 0. The Morgan fingerprint density at radius 3 is 2.10 bits per heavy atom. The first-order valence-corrected chi connectivity index (χ1v) is 6.43. The molecule has 0 spiro atoms. The summed E-state index contributed by atoms with van der Waals surface area (Å²) >= 11 is 0. The van der Waals surface area contributed by atoms with Crippen molar-refractivity contribution < 1.29 is 9.53 Å². The Bertz CT molecular complexity index is 635. The molecule has 0 aliphatic heterocycles. The topological polar surface area (TPSA) is 26.3 Å². The van der Waals surface area contributed by atoms with Gasteiger partial charge in [0.1, 0.15) is 0 Å². The zero-order chi connectivity index (χ0) is 14.4. The van der Waals surface area contributed by atoms with Crippen LogP contribution in [-0.4, -0.2) is 5.97 Å². The van der Waals surface area contributed by atoms with E-state index in [1.54, 1.807) is 6.92 Å². The fourth-order valence-electron chi connectivity index (χ4n) is 1.91. The molecule has 0 radical (unpaired) electrons. The first-order valence-electron chi connectivity index (χ1n) is 6.43. The Balaban J connectivity index is 2.39. The molecule has 0 aliphatic rings. The van der Waals surface area contributed by atoms with Gasteiger partial charge in [0.05, 0.1) is 0 Å². The molecule has 1 atom stereocenters. The van der Waals surface area contributed by atoms with Crippen LogP contribution in [0.3, 0.4) is 0 Å². The van der Waals surface area contributed by atoms with Gasteiger partial charge >= 0.3 is 5.97 Å². The molecule has 20 heavy (non-hydrogen) atoms. The van der Waals surface area contributed by atoms with Gasteiger partial charge < -0.3 is 4.74 Å². The van der Waals surface area contributed by atoms with E-state index in [2.05, 4.69) is 11.8 Å². The predicted molar refractivity (Wildman–Crippen MR) is 78.9 cm³/mol. The monoisotopic (exact) mass is 264 g/mol. The Morgan fingerprint density at radius 1 is 1.00 bits per heavy atom. The van der Waals surface area contributed by atoms with E-state index in [1.807, 2.05) is 60.7 Å². The van der Waals surface area contributed by atoms with Crippen molar-refractivity contribution in [2.75, 3.05) is 0 Å². The van der Waals surface area contributed by atoms with Crippen molar-refractivity contribution in [1.29, 1.82) is 0 Å². The molecule has 2 nitrogen and oxygen atoms in total. The lowest BCUT2D eigenvalue weighted by atomic mass is 9.96. The summed E-state index contributed by atoms with van der Waals surface area (Å²) in [5.74, 6) is 5.78. The van der Waals surface area contributed by atoms with E-state index in [0.717, 1.165) is 11.1 Å². The molecule has 100 valence electrons. The van der Waals surface area contributed by atoms with E-state index >= 15 is 0 Å². The van der Waals surface area contributed by atoms with Crippen molar-refractivity contribution >= 4 is 5.97 Å². The zero-order valence-corrected chi connectivity index (χ0v) is 11.6. The molecular formula is C18H16O2. The fourth-order valence-corrected chi connectivity index (χ4v) is 1.91. The molecule has 0 saturated heterocycles. The molecule has 0 aromatic heterocycles. The van der Waals surface area contributed by atoms with Gasteiger partial charge in [0.2, 0.25) is 0 Å². The number of hydrogen-bond acceptors (Lipinski definition) is 2. The highest BCUT2D eigenvalue weighted by atomic mass is 16.6. The summed E-state index contributed by atoms with van der Waals surface area (Å²) in [5, 5.41) is 0. The standard InChI is InChI=1S/C18H16O2/c1-15(19)20-18(2,17-11-7-4-8-12-17)14-13-16-9-5-3-6-10-16/h3-12H,1-2H3. The van der Waals surface area contributed by atoms with E-state index in [4.69, 9.17) is 4.74 Å². The van der Waals surface area contributed by atoms with Crippen LogP contribution in [0.1, 0.15) is 25.0 Å². The number of benzene rings is 2. The Labute approximate surface area is 119 Å². The molecule has 2 heteroatoms. The lowest BCUT2D eigenvalue weighted by Gasteiger charge is -2.23. The lowest BCUT2D eigenvalue weighted by Crippen LogP contribution is -2.26. The van der Waals surface area contributed by atoms with Gasteiger partial charge in [-0.15, -0.1) is 0 Å². The van der Waals surface area contributed by atoms with Crippen LogP contribution in [0.2, 0.25) is 0 Å². The van der Waals surface area contributed by atoms with Crippen LogP contribution >= 0.6 is 0 Å². The summed E-state index contributed by atoms with van der Waals surface area (Å²) in [6.07, 6.45) is 0. The van der Waals surface area contributed by atoms with E-state index in [-0.39, 0.29) is 5.97 Å². The molecule has 2 aromatic carbocycles. The van der Waals surface area contributed by atoms with Gasteiger partial charge in [0.15, 0.2) is 5.60 Å². The molecule has 1 unspecified atom stereocenters. The summed E-state index contributed by atoms with van der Waals surface area (Å²) in [5.41, 5.74) is 0.809. The normalized spacial score (nSPS) is 12.7. The number of carbonyl (C=O) groups is 1. The number of hydrogen-bond donors (Lipinski definition) is 0. The van der Waals surface area contributed by atoms with Crippen LogP contribution in [0, 0.1) is 11.8 Å². The minimum Gasteiger partial charge on any atom is -0.442 e. The van der Waals surface area contributed by atoms with Crippen molar-refractivity contribution in [3.8, 4) is 11.8 Å². The first-order chi connectivity index (χ1) is 9.60. The lowest BCUT2D eigenvalue weighted by molar-refractivity contribution is -0.151. The number of esters is 1. The highest BCUT2D eigenvalue weighted by Gasteiger charge is 2.27. The van der Waals surface area contributed by atoms with Crippen molar-refractivity contribution in [2.45, 2.75) is 19.4 Å². The second-order valence-corrected chi connectivity index (χ2v) is 4.61. The minimum absolute atomic E-state index is 0.348. The molecule has 0 saturated carbocycles. The van der Waals surface area contributed by atoms with E-state index < -0.39 is 5.60 Å². The smallest absolute Gasteiger partial charge is 0.304 e. The van der Waals surface area contributed by atoms with Gasteiger partial charge in [-0.2, -0.15) is 0 Å². The van der Waals surface area contributed by atoms with Crippen LogP contribution in [0.4, 0.5) is 0 Å². The van der Waals surface area contributed by atoms with Gasteiger partial charge in [0, 0.05) is 18.1 Å². The Kier molecular flexibility index (Phi) is 4.22. The third-order valence-corrected chi connectivity index (χ3v) is 2.89. The molecule has 0 heterocycles. The highest BCUT2D eigenvalue weighted by Crippen LogP contribution is 2.24. The molecule has 0 amide bonds. The van der Waals surface area contributed by atoms with E-state index in [1.165, 1.54) is 6.92 Å². The maximum absolute atomic E-state index is 11.4. The van der Waals surface area contributed by atoms with Crippen molar-refractivity contribution in [3.05, 3.63) is 71.8 Å². The molecule has 0 N–H and O–H groups in total. The average molecular weight is 264 g/mol. The third-order valence-electron chi connectivity index (χ3n) is 2.89. The zero-order valence-electron chi connectivity index (χ0n) is 11.6. The van der Waals surface area contributed by atoms with Crippen molar-refractivity contribution in [3.63, 3.8) is 0 Å². The number of rotatable bonds is 2. The Morgan fingerprint density at radius 2 is 1.55 bits per heavy atom. The van der Waals surface area contributed by atoms with E-state index in [0.29, 0.717) is 0 Å². The Hall–Kier alpha value is -2.53. The maximum atomic E-state index is 11.4. The second-order valence-electron chi connectivity index (χ2n) is 4.61. The first kappa shape index (κ1) is 13.9. The van der Waals surface area contributed by atoms with Gasteiger partial charge in [-0.1, -0.05) is 54.5 Å². The van der Waals surface area contributed by atoms with Crippen molar-refractivity contribution in [2.24, 2.45) is 0 Å². The summed E-state index contributed by atoms with van der Waals surface area (Å²) in [6, 6.07) is 19.2. The van der Waals surface area contributed by atoms with Gasteiger partial charge in [-0.05, 0) is 25.0 Å². The fraction of sp³-hybridized carbons (Fsp3) is 0.167. The maximum Gasteiger partial charge on any atom is 0.304 e. The largest absolute Gasteiger partial charge is 0.442 e. The van der Waals surface area contributed by atoms with Gasteiger partial charge in [-0.3, -0.25) is 4.79 Å². The summed E-state index contributed by atoms with van der Waals surface area (Å²) in [6.45, 7) is 3.20. The van der Waals surface area contributed by atoms with Gasteiger partial charge in [0.25, 0.3) is 0 Å². The van der Waals surface area contributed by atoms with E-state index in [9.17, 15) is 4.79 Å². The second kappa shape index (κ2) is 6.08. The molecular weight excluding hydrogens is 248 g/mol. The molecule has 2 aromatic rings. The molecule has 2 rings (SSSR count). The highest BCUT2D eigenvalue weighted by molar-refractivity contribution is 5.67. The quantitative estimate of drug-likeness (QED) is 0.613. The third kappa shape index (κ3) is 3.49. The summed E-state index contributed by atoms with van der Waals surface area (Å²) in [4.78, 5) is 11.4. The summed E-state index contributed by atoms with van der Waals surface area (Å²) < 4.78 is 5.43.